The van der Waals surface area contributed by atoms with Crippen molar-refractivity contribution in [2.24, 2.45) is 0 Å². The summed E-state index contributed by atoms with van der Waals surface area (Å²) in [5.74, 6) is 1.97. The maximum absolute atomic E-state index is 11.3. The molecule has 1 heterocycles. The highest BCUT2D eigenvalue weighted by molar-refractivity contribution is 7.22. The van der Waals surface area contributed by atoms with Crippen molar-refractivity contribution in [1.82, 2.24) is 0 Å². The first-order valence-electron chi connectivity index (χ1n) is 9.38. The highest BCUT2D eigenvalue weighted by Gasteiger charge is 2.17. The lowest BCUT2D eigenvalue weighted by molar-refractivity contribution is -0.134. The highest BCUT2D eigenvalue weighted by atomic mass is 32.1. The largest absolute Gasteiger partial charge is 0.497 e. The standard InChI is InChI=1S/C25H20O4S/c1-27-20-13-14-21-22(16-20)30-25(18-6-4-3-5-7-18)24(21)29-19-11-8-17(9-12-19)10-15-23(26)28-2/h3-16H,1-2H3/b15-10+. The molecule has 30 heavy (non-hydrogen) atoms. The van der Waals surface area contributed by atoms with Crippen LogP contribution in [0.2, 0.25) is 0 Å². The molecule has 0 aliphatic rings. The van der Waals surface area contributed by atoms with E-state index in [1.807, 2.05) is 60.7 Å². The van der Waals surface area contributed by atoms with Gasteiger partial charge in [0.15, 0.2) is 5.75 Å². The lowest BCUT2D eigenvalue weighted by Gasteiger charge is -2.09. The molecule has 0 radical (unpaired) electrons. The molecule has 1 aromatic heterocycles. The summed E-state index contributed by atoms with van der Waals surface area (Å²) in [5, 5.41) is 1.04. The Bertz CT molecular complexity index is 1190. The van der Waals surface area contributed by atoms with Gasteiger partial charge in [0.1, 0.15) is 11.5 Å². The molecular weight excluding hydrogens is 396 g/mol. The van der Waals surface area contributed by atoms with Crippen LogP contribution in [0.5, 0.6) is 17.2 Å². The van der Waals surface area contributed by atoms with Gasteiger partial charge in [-0.15, -0.1) is 11.3 Å². The van der Waals surface area contributed by atoms with Crippen LogP contribution in [0.3, 0.4) is 0 Å². The molecule has 4 aromatic rings. The van der Waals surface area contributed by atoms with Crippen LogP contribution < -0.4 is 9.47 Å². The number of thiophene rings is 1. The van der Waals surface area contributed by atoms with E-state index in [0.29, 0.717) is 0 Å². The summed E-state index contributed by atoms with van der Waals surface area (Å²) in [6, 6.07) is 23.8. The number of benzene rings is 3. The van der Waals surface area contributed by atoms with Crippen molar-refractivity contribution >= 4 is 33.5 Å². The van der Waals surface area contributed by atoms with Crippen molar-refractivity contribution in [2.45, 2.75) is 0 Å². The van der Waals surface area contributed by atoms with Gasteiger partial charge in [0.05, 0.1) is 19.1 Å². The van der Waals surface area contributed by atoms with Crippen molar-refractivity contribution < 1.29 is 19.0 Å². The summed E-state index contributed by atoms with van der Waals surface area (Å²) in [7, 11) is 3.02. The Morgan fingerprint density at radius 2 is 1.63 bits per heavy atom. The van der Waals surface area contributed by atoms with Crippen molar-refractivity contribution in [3.8, 4) is 27.7 Å². The van der Waals surface area contributed by atoms with Crippen LogP contribution in [0.15, 0.2) is 78.9 Å². The summed E-state index contributed by atoms with van der Waals surface area (Å²) in [6.07, 6.45) is 3.10. The molecule has 0 unspecified atom stereocenters. The predicted octanol–water partition coefficient (Wildman–Crippen LogP) is 6.56. The average molecular weight is 416 g/mol. The third-order valence-electron chi connectivity index (χ3n) is 4.60. The molecule has 0 spiro atoms. The maximum atomic E-state index is 11.3. The van der Waals surface area contributed by atoms with E-state index in [4.69, 9.17) is 9.47 Å². The molecule has 0 bridgehead atoms. The van der Waals surface area contributed by atoms with Crippen molar-refractivity contribution in [3.63, 3.8) is 0 Å². The summed E-state index contributed by atoms with van der Waals surface area (Å²) < 4.78 is 17.4. The molecule has 0 fully saturated rings. The zero-order valence-corrected chi connectivity index (χ0v) is 17.4. The third-order valence-corrected chi connectivity index (χ3v) is 5.78. The zero-order valence-electron chi connectivity index (χ0n) is 16.6. The van der Waals surface area contributed by atoms with Crippen LogP contribution in [0.1, 0.15) is 5.56 Å². The number of esters is 1. The van der Waals surface area contributed by atoms with E-state index in [1.165, 1.54) is 13.2 Å². The minimum Gasteiger partial charge on any atom is -0.497 e. The molecule has 0 N–H and O–H groups in total. The monoisotopic (exact) mass is 416 g/mol. The Morgan fingerprint density at radius 1 is 0.900 bits per heavy atom. The van der Waals surface area contributed by atoms with Crippen molar-refractivity contribution in [2.75, 3.05) is 14.2 Å². The first kappa shape index (κ1) is 19.7. The summed E-state index contributed by atoms with van der Waals surface area (Å²) in [6.45, 7) is 0. The van der Waals surface area contributed by atoms with Gasteiger partial charge in [-0.05, 0) is 47.5 Å². The van der Waals surface area contributed by atoms with Crippen molar-refractivity contribution in [1.29, 1.82) is 0 Å². The van der Waals surface area contributed by atoms with Crippen LogP contribution in [-0.4, -0.2) is 20.2 Å². The minimum atomic E-state index is -0.386. The first-order valence-corrected chi connectivity index (χ1v) is 10.2. The summed E-state index contributed by atoms with van der Waals surface area (Å²) in [4.78, 5) is 12.3. The number of methoxy groups -OCH3 is 2. The van der Waals surface area contributed by atoms with E-state index in [9.17, 15) is 4.79 Å². The molecule has 4 rings (SSSR count). The number of carbonyl (C=O) groups is 1. The SMILES string of the molecule is COC(=O)/C=C/c1ccc(Oc2c(-c3ccccc3)sc3cc(OC)ccc23)cc1. The van der Waals surface area contributed by atoms with E-state index >= 15 is 0 Å². The van der Waals surface area contributed by atoms with Crippen LogP contribution >= 0.6 is 11.3 Å². The third kappa shape index (κ3) is 4.21. The molecule has 0 aliphatic carbocycles. The van der Waals surface area contributed by atoms with E-state index in [1.54, 1.807) is 24.5 Å². The molecule has 0 saturated heterocycles. The van der Waals surface area contributed by atoms with E-state index in [0.717, 1.165) is 43.3 Å². The Morgan fingerprint density at radius 3 is 2.33 bits per heavy atom. The Balaban J connectivity index is 1.71. The fourth-order valence-corrected chi connectivity index (χ4v) is 4.22. The van der Waals surface area contributed by atoms with Gasteiger partial charge in [0.2, 0.25) is 0 Å². The maximum Gasteiger partial charge on any atom is 0.330 e. The van der Waals surface area contributed by atoms with Gasteiger partial charge in [-0.2, -0.15) is 0 Å². The molecule has 3 aromatic carbocycles. The predicted molar refractivity (Wildman–Crippen MR) is 121 cm³/mol. The molecule has 150 valence electrons. The normalized spacial score (nSPS) is 11.0. The number of rotatable bonds is 6. The summed E-state index contributed by atoms with van der Waals surface area (Å²) >= 11 is 1.68. The van der Waals surface area contributed by atoms with Gasteiger partial charge >= 0.3 is 5.97 Å². The Kier molecular flexibility index (Phi) is 5.82. The first-order chi connectivity index (χ1) is 14.7. The Labute approximate surface area is 179 Å². The number of hydrogen-bond donors (Lipinski definition) is 0. The molecule has 0 atom stereocenters. The van der Waals surface area contributed by atoms with E-state index < -0.39 is 0 Å². The van der Waals surface area contributed by atoms with Crippen LogP contribution in [0.4, 0.5) is 0 Å². The van der Waals surface area contributed by atoms with Gasteiger partial charge in [0.25, 0.3) is 0 Å². The molecule has 0 saturated carbocycles. The van der Waals surface area contributed by atoms with Gasteiger partial charge in [0, 0.05) is 16.2 Å². The molecule has 0 amide bonds. The average Bonchev–Trinajstić information content (AvgIpc) is 3.16. The van der Waals surface area contributed by atoms with Crippen LogP contribution in [0, 0.1) is 0 Å². The lowest BCUT2D eigenvalue weighted by Crippen LogP contribution is -1.93. The smallest absolute Gasteiger partial charge is 0.330 e. The second-order valence-corrected chi connectivity index (χ2v) is 7.57. The van der Waals surface area contributed by atoms with E-state index in [2.05, 4.69) is 16.9 Å². The lowest BCUT2D eigenvalue weighted by atomic mass is 10.1. The minimum absolute atomic E-state index is 0.386. The zero-order chi connectivity index (χ0) is 20.9. The molecule has 4 nitrogen and oxygen atoms in total. The van der Waals surface area contributed by atoms with E-state index in [-0.39, 0.29) is 5.97 Å². The number of fused-ring (bicyclic) bond motifs is 1. The van der Waals surface area contributed by atoms with Gasteiger partial charge < -0.3 is 14.2 Å². The molecule has 5 heteroatoms. The molecular formula is C25H20O4S. The van der Waals surface area contributed by atoms with Crippen LogP contribution in [-0.2, 0) is 9.53 Å². The summed E-state index contributed by atoms with van der Waals surface area (Å²) in [5.41, 5.74) is 1.99. The Hall–Kier alpha value is -3.57. The fraction of sp³-hybridized carbons (Fsp3) is 0.0800. The van der Waals surface area contributed by atoms with Crippen molar-refractivity contribution in [3.05, 3.63) is 84.4 Å². The fourth-order valence-electron chi connectivity index (χ4n) is 3.06. The quantitative estimate of drug-likeness (QED) is 0.264. The van der Waals surface area contributed by atoms with Gasteiger partial charge in [-0.25, -0.2) is 4.79 Å². The number of ether oxygens (including phenoxy) is 3. The number of carbonyl (C=O) groups excluding carboxylic acids is 1. The topological polar surface area (TPSA) is 44.8 Å². The highest BCUT2D eigenvalue weighted by Crippen LogP contribution is 2.47. The second kappa shape index (κ2) is 8.84. The number of hydrogen-bond acceptors (Lipinski definition) is 5. The van der Waals surface area contributed by atoms with Gasteiger partial charge in [-0.3, -0.25) is 0 Å². The van der Waals surface area contributed by atoms with Gasteiger partial charge in [-0.1, -0.05) is 42.5 Å². The second-order valence-electron chi connectivity index (χ2n) is 6.52. The molecule has 0 aliphatic heterocycles. The van der Waals surface area contributed by atoms with Crippen LogP contribution in [0.25, 0.3) is 26.6 Å².